The third-order valence-corrected chi connectivity index (χ3v) is 3.97. The molecule has 0 atom stereocenters. The van der Waals surface area contributed by atoms with Gasteiger partial charge in [-0.05, 0) is 35.6 Å². The summed E-state index contributed by atoms with van der Waals surface area (Å²) >= 11 is 1.39. The monoisotopic (exact) mass is 316 g/mol. The molecular weight excluding hydrogens is 296 g/mol. The minimum absolute atomic E-state index is 0.0408. The fraction of sp³-hybridized carbons (Fsp3) is 0.294. The number of hydrogen-bond acceptors (Lipinski definition) is 3. The summed E-state index contributed by atoms with van der Waals surface area (Å²) in [6.07, 6.45) is 0. The summed E-state index contributed by atoms with van der Waals surface area (Å²) in [5.41, 5.74) is 1.20. The number of carbonyl (C=O) groups is 2. The van der Waals surface area contributed by atoms with Crippen LogP contribution in [-0.2, 0) is 0 Å². The molecule has 22 heavy (non-hydrogen) atoms. The molecule has 1 N–H and O–H groups in total. The molecule has 1 aromatic carbocycles. The topological polar surface area (TPSA) is 49.4 Å². The molecule has 0 aliphatic carbocycles. The second kappa shape index (κ2) is 7.22. The summed E-state index contributed by atoms with van der Waals surface area (Å²) in [6, 6.07) is 10.6. The number of hydrogen-bond donors (Lipinski definition) is 1. The maximum atomic E-state index is 12.4. The van der Waals surface area contributed by atoms with Gasteiger partial charge in [0, 0.05) is 24.8 Å². The standard InChI is InChI=1S/C17H20N2O2S/c1-12(2)11-19(3)17(21)13-6-4-7-14(10-13)18-16(20)15-8-5-9-22-15/h4-10,12H,11H2,1-3H3,(H,18,20). The number of anilines is 1. The Balaban J connectivity index is 2.09. The minimum atomic E-state index is -0.157. The van der Waals surface area contributed by atoms with Gasteiger partial charge in [0.15, 0.2) is 0 Å². The number of carbonyl (C=O) groups excluding carboxylic acids is 2. The van der Waals surface area contributed by atoms with Crippen molar-refractivity contribution in [1.29, 1.82) is 0 Å². The van der Waals surface area contributed by atoms with E-state index in [0.717, 1.165) is 0 Å². The van der Waals surface area contributed by atoms with Gasteiger partial charge in [0.1, 0.15) is 0 Å². The summed E-state index contributed by atoms with van der Waals surface area (Å²) in [6.45, 7) is 4.84. The molecule has 2 aromatic rings. The van der Waals surface area contributed by atoms with E-state index < -0.39 is 0 Å². The molecule has 2 amide bonds. The molecule has 116 valence electrons. The van der Waals surface area contributed by atoms with Crippen LogP contribution < -0.4 is 5.32 Å². The molecule has 2 rings (SSSR count). The summed E-state index contributed by atoms with van der Waals surface area (Å²) in [4.78, 5) is 26.7. The van der Waals surface area contributed by atoms with Gasteiger partial charge in [0.2, 0.25) is 0 Å². The van der Waals surface area contributed by atoms with E-state index in [1.54, 1.807) is 42.3 Å². The van der Waals surface area contributed by atoms with Crippen molar-refractivity contribution in [3.05, 3.63) is 52.2 Å². The molecule has 0 aliphatic heterocycles. The molecule has 0 saturated heterocycles. The third kappa shape index (κ3) is 4.18. The van der Waals surface area contributed by atoms with Gasteiger partial charge >= 0.3 is 0 Å². The Labute approximate surface area is 134 Å². The summed E-state index contributed by atoms with van der Waals surface area (Å²) in [5.74, 6) is 0.215. The Kier molecular flexibility index (Phi) is 5.33. The predicted molar refractivity (Wildman–Crippen MR) is 90.5 cm³/mol. The molecule has 0 bridgehead atoms. The Morgan fingerprint density at radius 3 is 2.64 bits per heavy atom. The molecule has 1 heterocycles. The lowest BCUT2D eigenvalue weighted by Gasteiger charge is -2.19. The summed E-state index contributed by atoms with van der Waals surface area (Å²) < 4.78 is 0. The van der Waals surface area contributed by atoms with Crippen LogP contribution in [0.1, 0.15) is 33.9 Å². The first-order chi connectivity index (χ1) is 10.5. The van der Waals surface area contributed by atoms with Crippen LogP contribution in [0, 0.1) is 5.92 Å². The number of amides is 2. The molecule has 5 heteroatoms. The van der Waals surface area contributed by atoms with Crippen molar-refractivity contribution in [2.45, 2.75) is 13.8 Å². The smallest absolute Gasteiger partial charge is 0.265 e. The fourth-order valence-electron chi connectivity index (χ4n) is 2.18. The third-order valence-electron chi connectivity index (χ3n) is 3.10. The molecule has 0 aliphatic rings. The molecule has 0 radical (unpaired) electrons. The van der Waals surface area contributed by atoms with Gasteiger partial charge in [-0.3, -0.25) is 9.59 Å². The SMILES string of the molecule is CC(C)CN(C)C(=O)c1cccc(NC(=O)c2cccs2)c1. The normalized spacial score (nSPS) is 10.5. The van der Waals surface area contributed by atoms with Crippen molar-refractivity contribution >= 4 is 28.8 Å². The van der Waals surface area contributed by atoms with Crippen LogP contribution in [0.15, 0.2) is 41.8 Å². The summed E-state index contributed by atoms with van der Waals surface area (Å²) in [7, 11) is 1.79. The van der Waals surface area contributed by atoms with E-state index in [9.17, 15) is 9.59 Å². The first-order valence-corrected chi connectivity index (χ1v) is 8.05. The molecule has 0 spiro atoms. The van der Waals surface area contributed by atoms with Crippen LogP contribution in [0.5, 0.6) is 0 Å². The van der Waals surface area contributed by atoms with Gasteiger partial charge in [0.25, 0.3) is 11.8 Å². The predicted octanol–water partition coefficient (Wildman–Crippen LogP) is 3.73. The van der Waals surface area contributed by atoms with E-state index in [2.05, 4.69) is 19.2 Å². The van der Waals surface area contributed by atoms with Crippen molar-refractivity contribution in [3.63, 3.8) is 0 Å². The largest absolute Gasteiger partial charge is 0.341 e. The quantitative estimate of drug-likeness (QED) is 0.914. The molecule has 0 unspecified atom stereocenters. The van der Waals surface area contributed by atoms with Gasteiger partial charge < -0.3 is 10.2 Å². The van der Waals surface area contributed by atoms with Gasteiger partial charge in [-0.1, -0.05) is 26.0 Å². The van der Waals surface area contributed by atoms with Crippen LogP contribution in [0.2, 0.25) is 0 Å². The van der Waals surface area contributed by atoms with Crippen LogP contribution >= 0.6 is 11.3 Å². The lowest BCUT2D eigenvalue weighted by Crippen LogP contribution is -2.30. The van der Waals surface area contributed by atoms with E-state index in [4.69, 9.17) is 0 Å². The van der Waals surface area contributed by atoms with Crippen LogP contribution in [0.25, 0.3) is 0 Å². The molecule has 0 fully saturated rings. The number of thiophene rings is 1. The van der Waals surface area contributed by atoms with Crippen LogP contribution in [0.3, 0.4) is 0 Å². The minimum Gasteiger partial charge on any atom is -0.341 e. The average molecular weight is 316 g/mol. The lowest BCUT2D eigenvalue weighted by atomic mass is 10.1. The number of nitrogens with one attached hydrogen (secondary N) is 1. The van der Waals surface area contributed by atoms with Crippen molar-refractivity contribution < 1.29 is 9.59 Å². The zero-order valence-electron chi connectivity index (χ0n) is 13.0. The van der Waals surface area contributed by atoms with E-state index in [1.165, 1.54) is 11.3 Å². The van der Waals surface area contributed by atoms with E-state index in [1.807, 2.05) is 11.4 Å². The number of benzene rings is 1. The number of rotatable bonds is 5. The van der Waals surface area contributed by atoms with E-state index in [-0.39, 0.29) is 11.8 Å². The average Bonchev–Trinajstić information content (AvgIpc) is 3.00. The van der Waals surface area contributed by atoms with Gasteiger partial charge in [-0.25, -0.2) is 0 Å². The van der Waals surface area contributed by atoms with Crippen molar-refractivity contribution in [3.8, 4) is 0 Å². The van der Waals surface area contributed by atoms with Crippen LogP contribution in [0.4, 0.5) is 5.69 Å². The molecule has 0 saturated carbocycles. The first-order valence-electron chi connectivity index (χ1n) is 7.17. The van der Waals surface area contributed by atoms with E-state index in [0.29, 0.717) is 28.6 Å². The summed E-state index contributed by atoms with van der Waals surface area (Å²) in [5, 5.41) is 4.68. The second-order valence-electron chi connectivity index (χ2n) is 5.59. The zero-order valence-corrected chi connectivity index (χ0v) is 13.8. The van der Waals surface area contributed by atoms with Crippen molar-refractivity contribution in [2.75, 3.05) is 18.9 Å². The van der Waals surface area contributed by atoms with Gasteiger partial charge in [0.05, 0.1) is 4.88 Å². The highest BCUT2D eigenvalue weighted by Crippen LogP contribution is 2.16. The van der Waals surface area contributed by atoms with Crippen LogP contribution in [-0.4, -0.2) is 30.3 Å². The Hall–Kier alpha value is -2.14. The highest BCUT2D eigenvalue weighted by Gasteiger charge is 2.14. The molecular formula is C17H20N2O2S. The fourth-order valence-corrected chi connectivity index (χ4v) is 2.80. The van der Waals surface area contributed by atoms with E-state index >= 15 is 0 Å². The molecule has 1 aromatic heterocycles. The first kappa shape index (κ1) is 16.2. The zero-order chi connectivity index (χ0) is 16.1. The molecule has 4 nitrogen and oxygen atoms in total. The van der Waals surface area contributed by atoms with Crippen molar-refractivity contribution in [2.24, 2.45) is 5.92 Å². The second-order valence-corrected chi connectivity index (χ2v) is 6.54. The Morgan fingerprint density at radius 2 is 2.00 bits per heavy atom. The number of nitrogens with zero attached hydrogens (tertiary/aromatic N) is 1. The van der Waals surface area contributed by atoms with Gasteiger partial charge in [-0.2, -0.15) is 0 Å². The highest BCUT2D eigenvalue weighted by atomic mass is 32.1. The highest BCUT2D eigenvalue weighted by molar-refractivity contribution is 7.12. The maximum Gasteiger partial charge on any atom is 0.265 e. The van der Waals surface area contributed by atoms with Crippen molar-refractivity contribution in [1.82, 2.24) is 4.90 Å². The van der Waals surface area contributed by atoms with Gasteiger partial charge in [-0.15, -0.1) is 11.3 Å². The maximum absolute atomic E-state index is 12.4. The Bertz CT molecular complexity index is 650. The Morgan fingerprint density at radius 1 is 1.23 bits per heavy atom. The lowest BCUT2D eigenvalue weighted by molar-refractivity contribution is 0.0779.